The number of ether oxygens (including phenoxy) is 1. The van der Waals surface area contributed by atoms with Crippen molar-refractivity contribution in [1.82, 2.24) is 0 Å². The highest BCUT2D eigenvalue weighted by Crippen LogP contribution is 2.20. The Kier molecular flexibility index (Phi) is 2.65. The molecule has 1 rings (SSSR count). The Morgan fingerprint density at radius 3 is 2.70 bits per heavy atom. The van der Waals surface area contributed by atoms with E-state index in [1.165, 1.54) is 0 Å². The van der Waals surface area contributed by atoms with Crippen molar-refractivity contribution in [3.63, 3.8) is 0 Å². The third kappa shape index (κ3) is 1.68. The van der Waals surface area contributed by atoms with Crippen molar-refractivity contribution in [2.24, 2.45) is 5.92 Å². The van der Waals surface area contributed by atoms with Crippen molar-refractivity contribution in [1.29, 1.82) is 0 Å². The van der Waals surface area contributed by atoms with Crippen LogP contribution in [0.5, 0.6) is 0 Å². The predicted molar refractivity (Wildman–Crippen MR) is 36.4 cm³/mol. The minimum Gasteiger partial charge on any atom is -0.388 e. The summed E-state index contributed by atoms with van der Waals surface area (Å²) in [5.74, 6) is 0.415. The van der Waals surface area contributed by atoms with E-state index in [-0.39, 0.29) is 0 Å². The summed E-state index contributed by atoms with van der Waals surface area (Å²) in [5.41, 5.74) is 0. The van der Waals surface area contributed by atoms with Crippen LogP contribution in [0.3, 0.4) is 0 Å². The molecule has 1 aliphatic rings. The molecule has 0 unspecified atom stereocenters. The van der Waals surface area contributed by atoms with Gasteiger partial charge >= 0.3 is 0 Å². The van der Waals surface area contributed by atoms with E-state index in [1.807, 2.05) is 0 Å². The van der Waals surface area contributed by atoms with E-state index >= 15 is 0 Å². The van der Waals surface area contributed by atoms with Gasteiger partial charge in [0.25, 0.3) is 0 Å². The highest BCUT2D eigenvalue weighted by Gasteiger charge is 2.26. The first kappa shape index (κ1) is 7.98. The maximum Gasteiger partial charge on any atom is 0.180 e. The van der Waals surface area contributed by atoms with Crippen molar-refractivity contribution >= 4 is 0 Å². The average molecular weight is 146 g/mol. The lowest BCUT2D eigenvalue weighted by Gasteiger charge is -2.29. The summed E-state index contributed by atoms with van der Waals surface area (Å²) in [6.07, 6.45) is 0.0306. The molecule has 0 amide bonds. The van der Waals surface area contributed by atoms with Crippen LogP contribution in [0.4, 0.5) is 0 Å². The van der Waals surface area contributed by atoms with Gasteiger partial charge < -0.3 is 14.9 Å². The van der Waals surface area contributed by atoms with E-state index in [0.717, 1.165) is 6.42 Å². The second-order valence-corrected chi connectivity index (χ2v) is 2.80. The summed E-state index contributed by atoms with van der Waals surface area (Å²) in [6.45, 7) is 2.63. The Morgan fingerprint density at radius 1 is 1.50 bits per heavy atom. The number of hydrogen-bond donors (Lipinski definition) is 2. The van der Waals surface area contributed by atoms with Crippen LogP contribution in [0.25, 0.3) is 0 Å². The zero-order valence-corrected chi connectivity index (χ0v) is 6.16. The Morgan fingerprint density at radius 2 is 2.20 bits per heavy atom. The summed E-state index contributed by atoms with van der Waals surface area (Å²) in [7, 11) is 0. The second kappa shape index (κ2) is 3.32. The number of aliphatic hydroxyl groups is 2. The van der Waals surface area contributed by atoms with Crippen molar-refractivity contribution in [2.45, 2.75) is 32.2 Å². The maximum absolute atomic E-state index is 9.10. The minimum absolute atomic E-state index is 0.415. The minimum atomic E-state index is -0.956. The van der Waals surface area contributed by atoms with E-state index in [4.69, 9.17) is 14.9 Å². The molecule has 1 fully saturated rings. The van der Waals surface area contributed by atoms with E-state index in [0.29, 0.717) is 18.9 Å². The van der Waals surface area contributed by atoms with Crippen LogP contribution in [-0.4, -0.2) is 29.2 Å². The number of aliphatic hydroxyl groups excluding tert-OH is 2. The van der Waals surface area contributed by atoms with Crippen LogP contribution in [0.1, 0.15) is 19.8 Å². The van der Waals surface area contributed by atoms with Crippen molar-refractivity contribution < 1.29 is 14.9 Å². The summed E-state index contributed by atoms with van der Waals surface area (Å²) < 4.78 is 4.90. The Labute approximate surface area is 60.6 Å². The monoisotopic (exact) mass is 146 g/mol. The zero-order valence-electron chi connectivity index (χ0n) is 6.16. The lowest BCUT2D eigenvalue weighted by Crippen LogP contribution is -2.38. The maximum atomic E-state index is 9.10. The van der Waals surface area contributed by atoms with Crippen LogP contribution in [0, 0.1) is 5.92 Å². The van der Waals surface area contributed by atoms with Crippen molar-refractivity contribution in [3.8, 4) is 0 Å². The predicted octanol–water partition coefficient (Wildman–Crippen LogP) is 0.112. The van der Waals surface area contributed by atoms with Gasteiger partial charge in [0.2, 0.25) is 0 Å². The van der Waals surface area contributed by atoms with Gasteiger partial charge in [-0.15, -0.1) is 0 Å². The fourth-order valence-electron chi connectivity index (χ4n) is 1.16. The van der Waals surface area contributed by atoms with Crippen LogP contribution >= 0.6 is 0 Å². The summed E-state index contributed by atoms with van der Waals surface area (Å²) in [6, 6.07) is 0. The summed E-state index contributed by atoms with van der Waals surface area (Å²) in [5, 5.41) is 18.0. The zero-order chi connectivity index (χ0) is 7.56. The fourth-order valence-corrected chi connectivity index (χ4v) is 1.16. The largest absolute Gasteiger partial charge is 0.388 e. The molecule has 0 bridgehead atoms. The standard InChI is InChI=1S/C7H14O3/c1-2-5-3-6(8)7(9)10-4-5/h5-9H,2-4H2,1H3/t5-,6+,7+/m0/s1. The van der Waals surface area contributed by atoms with Gasteiger partial charge in [-0.05, 0) is 12.3 Å². The van der Waals surface area contributed by atoms with E-state index in [1.54, 1.807) is 0 Å². The molecule has 10 heavy (non-hydrogen) atoms. The quantitative estimate of drug-likeness (QED) is 0.552. The summed E-state index contributed by atoms with van der Waals surface area (Å²) in [4.78, 5) is 0. The highest BCUT2D eigenvalue weighted by atomic mass is 16.6. The molecule has 60 valence electrons. The number of hydrogen-bond acceptors (Lipinski definition) is 3. The fraction of sp³-hybridized carbons (Fsp3) is 1.00. The molecular formula is C7H14O3. The molecule has 0 radical (unpaired) electrons. The SMILES string of the molecule is CC[C@@H]1CO[C@@H](O)[C@H](O)C1. The van der Waals surface area contributed by atoms with Gasteiger partial charge in [0.05, 0.1) is 6.61 Å². The molecule has 3 nitrogen and oxygen atoms in total. The molecule has 0 aromatic heterocycles. The Bertz CT molecular complexity index is 105. The van der Waals surface area contributed by atoms with Gasteiger partial charge in [-0.3, -0.25) is 0 Å². The van der Waals surface area contributed by atoms with Crippen molar-refractivity contribution in [2.75, 3.05) is 6.61 Å². The molecule has 1 aliphatic heterocycles. The molecule has 0 saturated carbocycles. The van der Waals surface area contributed by atoms with Crippen LogP contribution < -0.4 is 0 Å². The first-order valence-electron chi connectivity index (χ1n) is 3.71. The van der Waals surface area contributed by atoms with E-state index in [2.05, 4.69) is 6.92 Å². The van der Waals surface area contributed by atoms with Crippen LogP contribution in [0.15, 0.2) is 0 Å². The van der Waals surface area contributed by atoms with E-state index in [9.17, 15) is 0 Å². The van der Waals surface area contributed by atoms with Gasteiger partial charge in [0, 0.05) is 0 Å². The molecule has 3 heteroatoms. The molecule has 0 aromatic carbocycles. The first-order chi connectivity index (χ1) is 4.74. The van der Waals surface area contributed by atoms with Gasteiger partial charge in [-0.1, -0.05) is 13.3 Å². The third-order valence-electron chi connectivity index (χ3n) is 1.98. The van der Waals surface area contributed by atoms with Crippen molar-refractivity contribution in [3.05, 3.63) is 0 Å². The second-order valence-electron chi connectivity index (χ2n) is 2.80. The molecule has 0 aliphatic carbocycles. The summed E-state index contributed by atoms with van der Waals surface area (Å²) >= 11 is 0. The lowest BCUT2D eigenvalue weighted by molar-refractivity contribution is -0.200. The van der Waals surface area contributed by atoms with E-state index < -0.39 is 12.4 Å². The van der Waals surface area contributed by atoms with Gasteiger partial charge in [0.1, 0.15) is 6.10 Å². The molecule has 0 spiro atoms. The smallest absolute Gasteiger partial charge is 0.180 e. The molecule has 2 N–H and O–H groups in total. The highest BCUT2D eigenvalue weighted by molar-refractivity contribution is 4.70. The molecule has 3 atom stereocenters. The normalized spacial score (nSPS) is 41.7. The topological polar surface area (TPSA) is 49.7 Å². The first-order valence-corrected chi connectivity index (χ1v) is 3.71. The molecule has 1 heterocycles. The van der Waals surface area contributed by atoms with Gasteiger partial charge in [-0.25, -0.2) is 0 Å². The van der Waals surface area contributed by atoms with Crippen LogP contribution in [-0.2, 0) is 4.74 Å². The number of rotatable bonds is 1. The Hall–Kier alpha value is -0.120. The van der Waals surface area contributed by atoms with Gasteiger partial charge in [0.15, 0.2) is 6.29 Å². The molecular weight excluding hydrogens is 132 g/mol. The average Bonchev–Trinajstić information content (AvgIpc) is 1.95. The molecule has 1 saturated heterocycles. The van der Waals surface area contributed by atoms with Gasteiger partial charge in [-0.2, -0.15) is 0 Å². The Balaban J connectivity index is 2.33. The lowest BCUT2D eigenvalue weighted by atomic mass is 9.97. The third-order valence-corrected chi connectivity index (χ3v) is 1.98. The van der Waals surface area contributed by atoms with Crippen LogP contribution in [0.2, 0.25) is 0 Å². The molecule has 0 aromatic rings.